The Balaban J connectivity index is 1.43. The molecule has 2 aliphatic heterocycles. The summed E-state index contributed by atoms with van der Waals surface area (Å²) in [7, 11) is 0. The van der Waals surface area contributed by atoms with Crippen molar-refractivity contribution in [3.05, 3.63) is 35.9 Å². The van der Waals surface area contributed by atoms with Crippen molar-refractivity contribution in [1.29, 1.82) is 0 Å². The van der Waals surface area contributed by atoms with Crippen LogP contribution in [0, 0.1) is 5.92 Å². The van der Waals surface area contributed by atoms with Crippen molar-refractivity contribution in [2.24, 2.45) is 5.92 Å². The van der Waals surface area contributed by atoms with Gasteiger partial charge >= 0.3 is 0 Å². The maximum Gasteiger partial charge on any atom is 0.0469 e. The largest absolute Gasteiger partial charge is 0.381 e. The number of rotatable bonds is 6. The summed E-state index contributed by atoms with van der Waals surface area (Å²) in [6.45, 7) is 11.7. The van der Waals surface area contributed by atoms with Crippen molar-refractivity contribution in [2.75, 3.05) is 52.5 Å². The van der Waals surface area contributed by atoms with Crippen molar-refractivity contribution in [2.45, 2.75) is 32.1 Å². The van der Waals surface area contributed by atoms with Gasteiger partial charge in [0.15, 0.2) is 0 Å². The predicted octanol–water partition coefficient (Wildman–Crippen LogP) is 3.22. The fraction of sp³-hybridized carbons (Fsp3) is 0.700. The predicted molar refractivity (Wildman–Crippen MR) is 95.9 cm³/mol. The second-order valence-electron chi connectivity index (χ2n) is 7.17. The van der Waals surface area contributed by atoms with Gasteiger partial charge in [-0.05, 0) is 36.7 Å². The molecule has 0 saturated carbocycles. The van der Waals surface area contributed by atoms with Gasteiger partial charge in [0.05, 0.1) is 0 Å². The van der Waals surface area contributed by atoms with Crippen LogP contribution in [0.25, 0.3) is 0 Å². The first-order valence-electron chi connectivity index (χ1n) is 9.42. The lowest BCUT2D eigenvalue weighted by Crippen LogP contribution is -2.49. The number of nitrogens with zero attached hydrogens (tertiary/aromatic N) is 2. The zero-order valence-electron chi connectivity index (χ0n) is 14.6. The minimum atomic E-state index is 0.679. The Morgan fingerprint density at radius 2 is 1.65 bits per heavy atom. The maximum atomic E-state index is 5.48. The van der Waals surface area contributed by atoms with Crippen LogP contribution in [0.15, 0.2) is 30.3 Å². The zero-order chi connectivity index (χ0) is 15.9. The molecule has 2 saturated heterocycles. The number of hydrogen-bond donors (Lipinski definition) is 0. The van der Waals surface area contributed by atoms with Crippen molar-refractivity contribution in [3.8, 4) is 0 Å². The molecule has 2 heterocycles. The number of hydrogen-bond acceptors (Lipinski definition) is 3. The van der Waals surface area contributed by atoms with Crippen LogP contribution in [0.5, 0.6) is 0 Å². The second-order valence-corrected chi connectivity index (χ2v) is 7.17. The molecule has 1 aromatic rings. The highest BCUT2D eigenvalue weighted by atomic mass is 16.5. The number of ether oxygens (including phenoxy) is 1. The molecule has 1 aromatic carbocycles. The van der Waals surface area contributed by atoms with E-state index in [-0.39, 0.29) is 0 Å². The third-order valence-electron chi connectivity index (χ3n) is 5.56. The smallest absolute Gasteiger partial charge is 0.0469 e. The van der Waals surface area contributed by atoms with Gasteiger partial charge in [-0.15, -0.1) is 0 Å². The fourth-order valence-corrected chi connectivity index (χ4v) is 3.96. The van der Waals surface area contributed by atoms with E-state index < -0.39 is 0 Å². The molecule has 0 radical (unpaired) electrons. The molecule has 23 heavy (non-hydrogen) atoms. The van der Waals surface area contributed by atoms with Crippen LogP contribution in [0.3, 0.4) is 0 Å². The van der Waals surface area contributed by atoms with E-state index in [1.54, 1.807) is 0 Å². The van der Waals surface area contributed by atoms with E-state index in [1.165, 1.54) is 64.1 Å². The summed E-state index contributed by atoms with van der Waals surface area (Å²) in [5, 5.41) is 0. The van der Waals surface area contributed by atoms with E-state index in [0.29, 0.717) is 5.92 Å². The van der Waals surface area contributed by atoms with Crippen molar-refractivity contribution in [3.63, 3.8) is 0 Å². The van der Waals surface area contributed by atoms with Crippen molar-refractivity contribution >= 4 is 0 Å². The summed E-state index contributed by atoms with van der Waals surface area (Å²) in [4.78, 5) is 5.34. The van der Waals surface area contributed by atoms with Gasteiger partial charge in [-0.1, -0.05) is 37.3 Å². The van der Waals surface area contributed by atoms with Gasteiger partial charge in [-0.25, -0.2) is 0 Å². The summed E-state index contributed by atoms with van der Waals surface area (Å²) in [5.41, 5.74) is 1.50. The molecule has 0 amide bonds. The molecular formula is C20H32N2O. The Kier molecular flexibility index (Phi) is 6.49. The average molecular weight is 316 g/mol. The standard InChI is InChI=1S/C20H32N2O/c1-2-19(20-6-4-3-5-7-20)17-22-12-10-21(11-13-22)16-18-8-14-23-15-9-18/h3-7,18-19H,2,8-17H2,1H3. The third-order valence-corrected chi connectivity index (χ3v) is 5.56. The lowest BCUT2D eigenvalue weighted by atomic mass is 9.95. The molecule has 0 aliphatic carbocycles. The molecule has 0 aromatic heterocycles. The molecule has 3 rings (SSSR count). The first kappa shape index (κ1) is 16.9. The van der Waals surface area contributed by atoms with Crippen LogP contribution in [0.1, 0.15) is 37.7 Å². The van der Waals surface area contributed by atoms with E-state index >= 15 is 0 Å². The average Bonchev–Trinajstić information content (AvgIpc) is 2.63. The van der Waals surface area contributed by atoms with E-state index in [4.69, 9.17) is 4.74 Å². The van der Waals surface area contributed by atoms with Crippen LogP contribution >= 0.6 is 0 Å². The topological polar surface area (TPSA) is 15.7 Å². The highest BCUT2D eigenvalue weighted by Gasteiger charge is 2.23. The molecule has 3 nitrogen and oxygen atoms in total. The van der Waals surface area contributed by atoms with E-state index in [9.17, 15) is 0 Å². The Bertz CT molecular complexity index is 436. The highest BCUT2D eigenvalue weighted by molar-refractivity contribution is 5.19. The Hall–Kier alpha value is -0.900. The molecule has 2 aliphatic rings. The lowest BCUT2D eigenvalue weighted by molar-refractivity contribution is 0.0416. The van der Waals surface area contributed by atoms with Crippen LogP contribution in [-0.4, -0.2) is 62.3 Å². The minimum Gasteiger partial charge on any atom is -0.381 e. The highest BCUT2D eigenvalue weighted by Crippen LogP contribution is 2.22. The van der Waals surface area contributed by atoms with Gasteiger partial charge in [0.1, 0.15) is 0 Å². The Morgan fingerprint density at radius 3 is 2.30 bits per heavy atom. The maximum absolute atomic E-state index is 5.48. The van der Waals surface area contributed by atoms with Crippen molar-refractivity contribution in [1.82, 2.24) is 9.80 Å². The first-order valence-corrected chi connectivity index (χ1v) is 9.42. The zero-order valence-corrected chi connectivity index (χ0v) is 14.6. The summed E-state index contributed by atoms with van der Waals surface area (Å²) in [6.07, 6.45) is 3.74. The van der Waals surface area contributed by atoms with Gasteiger partial charge in [0.2, 0.25) is 0 Å². The van der Waals surface area contributed by atoms with Gasteiger partial charge in [0, 0.05) is 52.5 Å². The second kappa shape index (κ2) is 8.81. The molecule has 0 spiro atoms. The van der Waals surface area contributed by atoms with Crippen molar-refractivity contribution < 1.29 is 4.74 Å². The molecule has 1 atom stereocenters. The first-order chi connectivity index (χ1) is 11.3. The SMILES string of the molecule is CCC(CN1CCN(CC2CCOCC2)CC1)c1ccccc1. The van der Waals surface area contributed by atoms with Gasteiger partial charge < -0.3 is 14.5 Å². The molecule has 1 unspecified atom stereocenters. The minimum absolute atomic E-state index is 0.679. The molecule has 3 heteroatoms. The Morgan fingerprint density at radius 1 is 1.00 bits per heavy atom. The lowest BCUT2D eigenvalue weighted by Gasteiger charge is -2.38. The molecule has 0 N–H and O–H groups in total. The monoisotopic (exact) mass is 316 g/mol. The third kappa shape index (κ3) is 5.03. The number of piperazine rings is 1. The molecule has 0 bridgehead atoms. The summed E-state index contributed by atoms with van der Waals surface area (Å²) < 4.78 is 5.48. The summed E-state index contributed by atoms with van der Waals surface area (Å²) in [6, 6.07) is 11.0. The quantitative estimate of drug-likeness (QED) is 0.801. The van der Waals surface area contributed by atoms with Crippen LogP contribution in [0.2, 0.25) is 0 Å². The van der Waals surface area contributed by atoms with E-state index in [2.05, 4.69) is 47.1 Å². The molecule has 128 valence electrons. The molecule has 2 fully saturated rings. The van der Waals surface area contributed by atoms with E-state index in [1.807, 2.05) is 0 Å². The number of benzene rings is 1. The van der Waals surface area contributed by atoms with Gasteiger partial charge in [0.25, 0.3) is 0 Å². The van der Waals surface area contributed by atoms with Crippen LogP contribution in [-0.2, 0) is 4.74 Å². The summed E-state index contributed by atoms with van der Waals surface area (Å²) in [5.74, 6) is 1.54. The van der Waals surface area contributed by atoms with Crippen LogP contribution in [0.4, 0.5) is 0 Å². The fourth-order valence-electron chi connectivity index (χ4n) is 3.96. The summed E-state index contributed by atoms with van der Waals surface area (Å²) >= 11 is 0. The van der Waals surface area contributed by atoms with Gasteiger partial charge in [-0.2, -0.15) is 0 Å². The Labute approximate surface area is 141 Å². The molecular weight excluding hydrogens is 284 g/mol. The van der Waals surface area contributed by atoms with Crippen LogP contribution < -0.4 is 0 Å². The van der Waals surface area contributed by atoms with E-state index in [0.717, 1.165) is 19.1 Å². The van der Waals surface area contributed by atoms with Gasteiger partial charge in [-0.3, -0.25) is 0 Å². The normalized spacial score (nSPS) is 23.0.